The first-order chi connectivity index (χ1) is 16.6. The number of carbonyl (C=O) groups excluding carboxylic acids is 1. The van der Waals surface area contributed by atoms with E-state index in [-0.39, 0.29) is 23.6 Å². The highest BCUT2D eigenvalue weighted by molar-refractivity contribution is 5.86. The number of piperazine rings is 1. The predicted molar refractivity (Wildman–Crippen MR) is 117 cm³/mol. The molecule has 0 unspecified atom stereocenters. The van der Waals surface area contributed by atoms with Gasteiger partial charge in [-0.15, -0.1) is 0 Å². The minimum Gasteiger partial charge on any atom is -0.476 e. The van der Waals surface area contributed by atoms with Gasteiger partial charge in [-0.3, -0.25) is 4.90 Å². The number of nitrogens with zero attached hydrogens (tertiary/aromatic N) is 5. The van der Waals surface area contributed by atoms with Crippen LogP contribution in [0.1, 0.15) is 28.5 Å². The maximum absolute atomic E-state index is 12.7. The highest BCUT2D eigenvalue weighted by Crippen LogP contribution is 2.30. The summed E-state index contributed by atoms with van der Waals surface area (Å²) in [5, 5.41) is 12.8. The molecule has 0 bridgehead atoms. The van der Waals surface area contributed by atoms with Crippen molar-refractivity contribution in [2.45, 2.75) is 25.7 Å². The second kappa shape index (κ2) is 9.74. The zero-order chi connectivity index (χ0) is 25.2. The zero-order valence-electron chi connectivity index (χ0n) is 18.6. The number of amides is 1. The quantitative estimate of drug-likeness (QED) is 0.579. The van der Waals surface area contributed by atoms with Gasteiger partial charge in [0.25, 0.3) is 0 Å². The van der Waals surface area contributed by atoms with Crippen LogP contribution in [0.25, 0.3) is 0 Å². The van der Waals surface area contributed by atoms with E-state index in [9.17, 15) is 22.8 Å². The van der Waals surface area contributed by atoms with E-state index in [4.69, 9.17) is 9.84 Å². The molecule has 1 aliphatic heterocycles. The van der Waals surface area contributed by atoms with Gasteiger partial charge in [0.05, 0.1) is 5.56 Å². The van der Waals surface area contributed by atoms with Crippen molar-refractivity contribution in [3.63, 3.8) is 0 Å². The first-order valence-electron chi connectivity index (χ1n) is 10.7. The van der Waals surface area contributed by atoms with E-state index < -0.39 is 17.7 Å². The summed E-state index contributed by atoms with van der Waals surface area (Å²) in [4.78, 5) is 31.3. The lowest BCUT2D eigenvalue weighted by Gasteiger charge is -2.39. The standard InChI is InChI=1S/C23H22F3N5O4/c1-15-13-29(9-10-30(15)22(34)31-8-7-19(28-31)21(32)33)14-16-3-2-4-18(11-16)35-20-6-5-17(12-27-20)23(24,25)26/h2-8,11-12,15H,9-10,13-14H2,1H3,(H,32,33)/t15-/m0/s1. The van der Waals surface area contributed by atoms with Crippen molar-refractivity contribution in [3.05, 3.63) is 71.7 Å². The van der Waals surface area contributed by atoms with Crippen LogP contribution in [-0.4, -0.2) is 67.3 Å². The number of rotatable bonds is 5. The molecule has 1 aliphatic rings. The van der Waals surface area contributed by atoms with E-state index in [0.717, 1.165) is 22.5 Å². The molecule has 1 fully saturated rings. The minimum absolute atomic E-state index is 0.0561. The highest BCUT2D eigenvalue weighted by atomic mass is 19.4. The highest BCUT2D eigenvalue weighted by Gasteiger charge is 2.31. The number of aromatic carboxylic acids is 1. The second-order valence-corrected chi connectivity index (χ2v) is 8.14. The summed E-state index contributed by atoms with van der Waals surface area (Å²) in [6.07, 6.45) is -2.40. The molecule has 1 saturated heterocycles. The molecule has 1 N–H and O–H groups in total. The van der Waals surface area contributed by atoms with Crippen molar-refractivity contribution < 1.29 is 32.6 Å². The average Bonchev–Trinajstić information content (AvgIpc) is 3.30. The van der Waals surface area contributed by atoms with E-state index >= 15 is 0 Å². The first-order valence-corrected chi connectivity index (χ1v) is 10.7. The number of carboxylic acids is 1. The summed E-state index contributed by atoms with van der Waals surface area (Å²) in [5.74, 6) is -0.695. The van der Waals surface area contributed by atoms with Crippen LogP contribution < -0.4 is 4.74 Å². The molecular weight excluding hydrogens is 467 g/mol. The summed E-state index contributed by atoms with van der Waals surface area (Å²) in [6.45, 7) is 4.10. The van der Waals surface area contributed by atoms with Gasteiger partial charge < -0.3 is 14.7 Å². The van der Waals surface area contributed by atoms with Gasteiger partial charge in [-0.2, -0.15) is 23.0 Å². The molecule has 2 aromatic heterocycles. The van der Waals surface area contributed by atoms with E-state index in [1.807, 2.05) is 13.0 Å². The normalized spacial score (nSPS) is 16.8. The Morgan fingerprint density at radius 2 is 1.97 bits per heavy atom. The van der Waals surface area contributed by atoms with Crippen LogP contribution >= 0.6 is 0 Å². The van der Waals surface area contributed by atoms with Gasteiger partial charge >= 0.3 is 18.2 Å². The van der Waals surface area contributed by atoms with Gasteiger partial charge in [0, 0.05) is 50.7 Å². The molecule has 0 aliphatic carbocycles. The molecule has 3 aromatic rings. The Bertz CT molecular complexity index is 1210. The Kier molecular flexibility index (Phi) is 6.74. The fourth-order valence-corrected chi connectivity index (χ4v) is 3.83. The molecule has 35 heavy (non-hydrogen) atoms. The fraction of sp³-hybridized carbons (Fsp3) is 0.304. The number of ether oxygens (including phenoxy) is 1. The van der Waals surface area contributed by atoms with E-state index in [2.05, 4.69) is 15.0 Å². The summed E-state index contributed by atoms with van der Waals surface area (Å²) >= 11 is 0. The third-order valence-electron chi connectivity index (χ3n) is 5.55. The molecule has 12 heteroatoms. The van der Waals surface area contributed by atoms with Crippen LogP contribution in [-0.2, 0) is 12.7 Å². The smallest absolute Gasteiger partial charge is 0.417 e. The van der Waals surface area contributed by atoms with Crippen LogP contribution in [0.3, 0.4) is 0 Å². The molecule has 0 radical (unpaired) electrons. The number of carboxylic acid groups (broad SMARTS) is 1. The molecule has 1 aromatic carbocycles. The Hall–Kier alpha value is -3.93. The molecule has 3 heterocycles. The molecule has 0 spiro atoms. The number of halogens is 3. The van der Waals surface area contributed by atoms with E-state index in [1.54, 1.807) is 23.1 Å². The lowest BCUT2D eigenvalue weighted by atomic mass is 10.1. The Balaban J connectivity index is 1.35. The van der Waals surface area contributed by atoms with E-state index in [0.29, 0.717) is 31.9 Å². The number of alkyl halides is 3. The lowest BCUT2D eigenvalue weighted by Crippen LogP contribution is -2.54. The molecule has 4 rings (SSSR count). The Labute approximate surface area is 198 Å². The SMILES string of the molecule is C[C@H]1CN(Cc2cccc(Oc3ccc(C(F)(F)F)cn3)c2)CCN1C(=O)n1ccc(C(=O)O)n1. The van der Waals surface area contributed by atoms with Crippen LogP contribution in [0.15, 0.2) is 54.9 Å². The average molecular weight is 489 g/mol. The van der Waals surface area contributed by atoms with Crippen molar-refractivity contribution in [2.75, 3.05) is 19.6 Å². The third kappa shape index (κ3) is 5.77. The van der Waals surface area contributed by atoms with Crippen LogP contribution in [0, 0.1) is 0 Å². The minimum atomic E-state index is -4.46. The van der Waals surface area contributed by atoms with Gasteiger partial charge in [0.15, 0.2) is 5.69 Å². The van der Waals surface area contributed by atoms with Gasteiger partial charge in [-0.05, 0) is 36.8 Å². The van der Waals surface area contributed by atoms with E-state index in [1.165, 1.54) is 18.3 Å². The van der Waals surface area contributed by atoms with Gasteiger partial charge in [0.1, 0.15) is 5.75 Å². The van der Waals surface area contributed by atoms with Gasteiger partial charge in [-0.1, -0.05) is 12.1 Å². The van der Waals surface area contributed by atoms with Crippen molar-refractivity contribution in [1.82, 2.24) is 24.6 Å². The lowest BCUT2D eigenvalue weighted by molar-refractivity contribution is -0.137. The third-order valence-corrected chi connectivity index (χ3v) is 5.55. The summed E-state index contributed by atoms with van der Waals surface area (Å²) in [6, 6.07) is 10.0. The molecule has 184 valence electrons. The Morgan fingerprint density at radius 1 is 1.17 bits per heavy atom. The van der Waals surface area contributed by atoms with Crippen molar-refractivity contribution in [1.29, 1.82) is 0 Å². The fourth-order valence-electron chi connectivity index (χ4n) is 3.83. The van der Waals surface area contributed by atoms with Crippen LogP contribution in [0.5, 0.6) is 11.6 Å². The van der Waals surface area contributed by atoms with Gasteiger partial charge in [0.2, 0.25) is 5.88 Å². The van der Waals surface area contributed by atoms with Gasteiger partial charge in [-0.25, -0.2) is 14.6 Å². The number of hydrogen-bond acceptors (Lipinski definition) is 6. The van der Waals surface area contributed by atoms with Crippen molar-refractivity contribution >= 4 is 12.0 Å². The maximum atomic E-state index is 12.7. The second-order valence-electron chi connectivity index (χ2n) is 8.14. The number of pyridine rings is 1. The molecule has 1 amide bonds. The number of carbonyl (C=O) groups is 2. The summed E-state index contributed by atoms with van der Waals surface area (Å²) in [7, 11) is 0. The van der Waals surface area contributed by atoms with Crippen molar-refractivity contribution in [3.8, 4) is 11.6 Å². The number of benzene rings is 1. The molecular formula is C23H22F3N5O4. The summed E-state index contributed by atoms with van der Waals surface area (Å²) < 4.78 is 44.7. The number of hydrogen-bond donors (Lipinski definition) is 1. The largest absolute Gasteiger partial charge is 0.476 e. The maximum Gasteiger partial charge on any atom is 0.417 e. The topological polar surface area (TPSA) is 101 Å². The monoisotopic (exact) mass is 489 g/mol. The summed E-state index contributed by atoms with van der Waals surface area (Å²) in [5.41, 5.74) is -0.113. The van der Waals surface area contributed by atoms with Crippen LogP contribution in [0.4, 0.5) is 18.0 Å². The predicted octanol–water partition coefficient (Wildman–Crippen LogP) is 3.96. The van der Waals surface area contributed by atoms with Crippen LogP contribution in [0.2, 0.25) is 0 Å². The molecule has 1 atom stereocenters. The van der Waals surface area contributed by atoms with Crippen molar-refractivity contribution in [2.24, 2.45) is 0 Å². The zero-order valence-corrected chi connectivity index (χ0v) is 18.6. The first kappa shape index (κ1) is 24.2. The number of aromatic nitrogens is 3. The molecule has 9 nitrogen and oxygen atoms in total. The Morgan fingerprint density at radius 3 is 2.60 bits per heavy atom. The molecule has 0 saturated carbocycles.